The van der Waals surface area contributed by atoms with Crippen LogP contribution in [0.3, 0.4) is 0 Å². The average molecular weight is 523 g/mol. The first kappa shape index (κ1) is 37.8. The Balaban J connectivity index is 0.00000361. The molecule has 0 saturated carbocycles. The Kier molecular flexibility index (Phi) is 14.6. The minimum absolute atomic E-state index is 0. The number of aliphatic hydroxyl groups excluding tert-OH is 2. The number of nitrogens with one attached hydrogen (secondary N) is 2. The molecule has 39 heavy (non-hydrogen) atoms. The van der Waals surface area contributed by atoms with Gasteiger partial charge in [0, 0.05) is 106 Å². The SMILES string of the molecule is O=C(NC/C=C/c1cn([C@H]2C[C@H](O)[C@@H](CO)O2)c(=O)[nH]c1=O)c1ccc(C2(C(F)(F)F)N=N2)cc1.[Li].[Li].[Li].[Li]. The van der Waals surface area contributed by atoms with Crippen molar-refractivity contribution in [3.63, 3.8) is 0 Å². The molecule has 0 unspecified atom stereocenters. The molecule has 11 nitrogen and oxygen atoms in total. The molecule has 18 heteroatoms. The predicted octanol–water partition coefficient (Wildman–Crippen LogP) is -0.722. The van der Waals surface area contributed by atoms with Gasteiger partial charge >= 0.3 is 17.5 Å². The number of halogens is 3. The number of aromatic amines is 1. The Morgan fingerprint density at radius 2 is 1.79 bits per heavy atom. The van der Waals surface area contributed by atoms with E-state index in [1.165, 1.54) is 30.5 Å². The standard InChI is InChI=1S/C21H20F3N5O6.4Li/c22-21(23,24)20(27-28-20)13-5-3-11(4-6-13)17(32)25-7-1-2-12-9-29(19(34)26-18(12)33)16-8-14(31)15(10-30)35-16;;;;/h1-6,9,14-16,30-31H,7-8,10H2,(H,25,32)(H,26,33,34);;;;/b2-1+;;;;/t14-,15+,16+;;;;/m0..../s1. The number of aliphatic hydroxyl groups is 2. The maximum atomic E-state index is 13.1. The Morgan fingerprint density at radius 1 is 1.18 bits per heavy atom. The Bertz CT molecular complexity index is 1300. The number of hydrogen-bond acceptors (Lipinski definition) is 8. The van der Waals surface area contributed by atoms with Gasteiger partial charge in [-0.1, -0.05) is 24.3 Å². The summed E-state index contributed by atoms with van der Waals surface area (Å²) in [5.41, 5.74) is -4.01. The van der Waals surface area contributed by atoms with E-state index in [0.717, 1.165) is 16.7 Å². The molecule has 4 rings (SSSR count). The molecular formula is C21H20F3Li4N5O6. The van der Waals surface area contributed by atoms with Gasteiger partial charge in [0.05, 0.1) is 18.3 Å². The number of carbonyl (C=O) groups excluding carboxylic acids is 1. The summed E-state index contributed by atoms with van der Waals surface area (Å²) in [4.78, 5) is 38.6. The van der Waals surface area contributed by atoms with Gasteiger partial charge in [-0.05, 0) is 12.1 Å². The van der Waals surface area contributed by atoms with Crippen LogP contribution < -0.4 is 16.6 Å². The van der Waals surface area contributed by atoms with E-state index < -0.39 is 54.0 Å². The van der Waals surface area contributed by atoms with Crippen LogP contribution in [0.4, 0.5) is 13.2 Å². The summed E-state index contributed by atoms with van der Waals surface area (Å²) in [7, 11) is 0. The number of rotatable bonds is 7. The fraction of sp³-hybridized carbons (Fsp3) is 0.381. The first-order valence-electron chi connectivity index (χ1n) is 10.4. The number of nitrogens with zero attached hydrogens (tertiary/aromatic N) is 3. The fourth-order valence-electron chi connectivity index (χ4n) is 3.62. The number of ether oxygens (including phenoxy) is 1. The minimum Gasteiger partial charge on any atom is -0.394 e. The smallest absolute Gasteiger partial charge is 0.394 e. The van der Waals surface area contributed by atoms with Crippen molar-refractivity contribution in [2.45, 2.75) is 36.7 Å². The van der Waals surface area contributed by atoms with Gasteiger partial charge in [0.1, 0.15) is 12.3 Å². The molecule has 4 N–H and O–H groups in total. The fourth-order valence-corrected chi connectivity index (χ4v) is 3.62. The van der Waals surface area contributed by atoms with Crippen LogP contribution in [0.15, 0.2) is 56.4 Å². The molecule has 2 aliphatic rings. The van der Waals surface area contributed by atoms with Crippen molar-refractivity contribution >= 4 is 87.4 Å². The van der Waals surface area contributed by atoms with Crippen LogP contribution in [-0.4, -0.2) is 133 Å². The van der Waals surface area contributed by atoms with E-state index in [9.17, 15) is 37.8 Å². The molecule has 1 aromatic carbocycles. The second kappa shape index (κ2) is 15.1. The summed E-state index contributed by atoms with van der Waals surface area (Å²) in [5.74, 6) is -0.561. The van der Waals surface area contributed by atoms with E-state index in [0.29, 0.717) is 0 Å². The molecule has 3 heterocycles. The van der Waals surface area contributed by atoms with Crippen LogP contribution in [0.1, 0.15) is 34.1 Å². The van der Waals surface area contributed by atoms with Crippen molar-refractivity contribution in [3.8, 4) is 0 Å². The maximum Gasteiger partial charge on any atom is 0.442 e. The third-order valence-corrected chi connectivity index (χ3v) is 5.61. The molecule has 0 spiro atoms. The molecule has 3 atom stereocenters. The van der Waals surface area contributed by atoms with E-state index in [-0.39, 0.29) is 105 Å². The van der Waals surface area contributed by atoms with Crippen LogP contribution in [-0.2, 0) is 10.4 Å². The van der Waals surface area contributed by atoms with Gasteiger partial charge in [0.2, 0.25) is 0 Å². The summed E-state index contributed by atoms with van der Waals surface area (Å²) >= 11 is 0. The first-order valence-corrected chi connectivity index (χ1v) is 10.4. The molecular weight excluding hydrogens is 503 g/mol. The molecule has 0 aliphatic carbocycles. The Labute approximate surface area is 267 Å². The van der Waals surface area contributed by atoms with E-state index in [1.54, 1.807) is 0 Å². The molecule has 190 valence electrons. The van der Waals surface area contributed by atoms with E-state index in [4.69, 9.17) is 4.74 Å². The van der Waals surface area contributed by atoms with Gasteiger partial charge < -0.3 is 20.3 Å². The van der Waals surface area contributed by atoms with Crippen LogP contribution in [0, 0.1) is 0 Å². The summed E-state index contributed by atoms with van der Waals surface area (Å²) in [5, 5.41) is 27.8. The summed E-state index contributed by atoms with van der Waals surface area (Å²) in [6.07, 6.45) is -3.29. The van der Waals surface area contributed by atoms with Crippen molar-refractivity contribution in [2.75, 3.05) is 13.2 Å². The molecule has 1 fully saturated rings. The first-order chi connectivity index (χ1) is 16.6. The van der Waals surface area contributed by atoms with Crippen LogP contribution in [0.2, 0.25) is 0 Å². The Hall–Kier alpha value is -1.23. The Morgan fingerprint density at radius 3 is 2.31 bits per heavy atom. The number of hydrogen-bond donors (Lipinski definition) is 4. The molecule has 1 amide bonds. The molecule has 1 saturated heterocycles. The zero-order chi connectivity index (χ0) is 25.4. The third-order valence-electron chi connectivity index (χ3n) is 5.61. The monoisotopic (exact) mass is 523 g/mol. The van der Waals surface area contributed by atoms with Gasteiger partial charge in [-0.2, -0.15) is 13.2 Å². The van der Waals surface area contributed by atoms with Crippen LogP contribution in [0.5, 0.6) is 0 Å². The van der Waals surface area contributed by atoms with Crippen molar-refractivity contribution in [1.82, 2.24) is 14.9 Å². The predicted molar refractivity (Wildman–Crippen MR) is 136 cm³/mol. The minimum atomic E-state index is -4.66. The number of alkyl halides is 3. The second-order valence-electron chi connectivity index (χ2n) is 7.93. The van der Waals surface area contributed by atoms with Gasteiger partial charge in [-0.3, -0.25) is 19.1 Å². The molecule has 2 aliphatic heterocycles. The zero-order valence-electron chi connectivity index (χ0n) is 21.9. The summed E-state index contributed by atoms with van der Waals surface area (Å²) < 4.78 is 45.7. The number of amides is 1. The number of benzene rings is 1. The van der Waals surface area contributed by atoms with Gasteiger partial charge in [-0.25, -0.2) is 4.79 Å². The second-order valence-corrected chi connectivity index (χ2v) is 7.93. The molecule has 1 aromatic heterocycles. The van der Waals surface area contributed by atoms with Gasteiger partial charge in [0.25, 0.3) is 11.5 Å². The summed E-state index contributed by atoms with van der Waals surface area (Å²) in [6, 6.07) is 4.71. The summed E-state index contributed by atoms with van der Waals surface area (Å²) in [6.45, 7) is -0.458. The van der Waals surface area contributed by atoms with Crippen molar-refractivity contribution < 1.29 is 32.9 Å². The van der Waals surface area contributed by atoms with Crippen LogP contribution >= 0.6 is 0 Å². The normalized spacial score (nSPS) is 20.7. The van der Waals surface area contributed by atoms with Crippen molar-refractivity contribution in [3.05, 3.63) is 74.1 Å². The quantitative estimate of drug-likeness (QED) is 0.351. The van der Waals surface area contributed by atoms with E-state index in [2.05, 4.69) is 20.5 Å². The van der Waals surface area contributed by atoms with Crippen LogP contribution in [0.25, 0.3) is 6.08 Å². The number of carbonyl (C=O) groups is 1. The maximum absolute atomic E-state index is 13.1. The average Bonchev–Trinajstić information content (AvgIpc) is 3.55. The van der Waals surface area contributed by atoms with Gasteiger partial charge in [-0.15, -0.1) is 10.2 Å². The molecule has 0 bridgehead atoms. The number of H-pyrrole nitrogens is 1. The largest absolute Gasteiger partial charge is 0.442 e. The van der Waals surface area contributed by atoms with Crippen molar-refractivity contribution in [1.29, 1.82) is 0 Å². The third kappa shape index (κ3) is 8.17. The molecule has 4 radical (unpaired) electrons. The van der Waals surface area contributed by atoms with E-state index >= 15 is 0 Å². The number of aromatic nitrogens is 2. The zero-order valence-corrected chi connectivity index (χ0v) is 21.9. The molecule has 2 aromatic rings. The van der Waals surface area contributed by atoms with Gasteiger partial charge in [0.15, 0.2) is 0 Å². The van der Waals surface area contributed by atoms with E-state index in [1.807, 2.05) is 0 Å². The van der Waals surface area contributed by atoms with Crippen molar-refractivity contribution in [2.24, 2.45) is 10.2 Å². The topological polar surface area (TPSA) is 158 Å².